The van der Waals surface area contributed by atoms with Crippen LogP contribution in [0.15, 0.2) is 116 Å². The van der Waals surface area contributed by atoms with Crippen molar-refractivity contribution in [3.8, 4) is 0 Å². The first-order valence-corrected chi connectivity index (χ1v) is 22.9. The van der Waals surface area contributed by atoms with Crippen molar-refractivity contribution >= 4 is 67.0 Å². The van der Waals surface area contributed by atoms with Gasteiger partial charge in [0.15, 0.2) is 0 Å². The number of oxime groups is 2. The van der Waals surface area contributed by atoms with Crippen LogP contribution in [0.25, 0.3) is 0 Å². The fourth-order valence-electron chi connectivity index (χ4n) is 8.72. The van der Waals surface area contributed by atoms with E-state index < -0.39 is 23.6 Å². The summed E-state index contributed by atoms with van der Waals surface area (Å²) in [6, 6.07) is 23.0. The molecule has 16 heteroatoms. The highest BCUT2D eigenvalue weighted by molar-refractivity contribution is 9.10. The molecule has 2 fully saturated rings. The number of nitrogens with zero attached hydrogens (tertiary/aromatic N) is 6. The lowest BCUT2D eigenvalue weighted by atomic mass is 9.95. The molecule has 12 nitrogen and oxygen atoms in total. The van der Waals surface area contributed by atoms with Gasteiger partial charge in [0.05, 0.1) is 0 Å². The zero-order valence-electron chi connectivity index (χ0n) is 34.9. The Morgan fingerprint density at radius 2 is 0.969 bits per heavy atom. The molecule has 64 heavy (non-hydrogen) atoms. The molecule has 0 bridgehead atoms. The predicted octanol–water partition coefficient (Wildman–Crippen LogP) is 7.98. The fourth-order valence-corrected chi connectivity index (χ4v) is 9.54. The Morgan fingerprint density at radius 1 is 0.594 bits per heavy atom. The normalized spacial score (nSPS) is 17.9. The Bertz CT molecular complexity index is 2310. The summed E-state index contributed by atoms with van der Waals surface area (Å²) in [6.45, 7) is 6.06. The van der Waals surface area contributed by atoms with E-state index in [0.29, 0.717) is 73.7 Å². The quantitative estimate of drug-likeness (QED) is 0.0540. The molecule has 2 amide bonds. The van der Waals surface area contributed by atoms with Crippen LogP contribution >= 0.6 is 31.9 Å². The number of hydrogen-bond donors (Lipinski definition) is 0. The van der Waals surface area contributed by atoms with E-state index in [9.17, 15) is 28.0 Å². The first kappa shape index (κ1) is 45.2. The van der Waals surface area contributed by atoms with Gasteiger partial charge < -0.3 is 19.5 Å². The van der Waals surface area contributed by atoms with Crippen LogP contribution in [0.3, 0.4) is 0 Å². The molecule has 4 aromatic rings. The van der Waals surface area contributed by atoms with E-state index >= 15 is 0 Å². The SMILES string of the molecule is O=C(/C=C/C(=O)O/N=C(\CN1CCC(CN2Cc3cc(Br)ccc3C2=O)CC1)c1ccc(F)cc1)O/N=C(\CN1CCC(CN2Cc3cc(Br)ccc3C2=O)CC1)c1ccc(F)cc1. The van der Waals surface area contributed by atoms with E-state index in [1.807, 2.05) is 46.2 Å². The van der Waals surface area contributed by atoms with Crippen LogP contribution in [0.1, 0.15) is 68.7 Å². The summed E-state index contributed by atoms with van der Waals surface area (Å²) in [6.07, 6.45) is 5.18. The number of rotatable bonds is 14. The monoisotopic (exact) mass is 998 g/mol. The lowest BCUT2D eigenvalue weighted by molar-refractivity contribution is -0.140. The molecule has 0 atom stereocenters. The van der Waals surface area contributed by atoms with Crippen molar-refractivity contribution in [1.29, 1.82) is 0 Å². The lowest BCUT2D eigenvalue weighted by Gasteiger charge is -2.34. The van der Waals surface area contributed by atoms with Gasteiger partial charge in [0.2, 0.25) is 0 Å². The van der Waals surface area contributed by atoms with Gasteiger partial charge in [0, 0.05) is 82.6 Å². The van der Waals surface area contributed by atoms with Crippen LogP contribution < -0.4 is 0 Å². The molecule has 4 aromatic carbocycles. The van der Waals surface area contributed by atoms with Gasteiger partial charge in [-0.3, -0.25) is 19.4 Å². The van der Waals surface area contributed by atoms with Crippen molar-refractivity contribution in [2.24, 2.45) is 22.1 Å². The van der Waals surface area contributed by atoms with Crippen LogP contribution in [-0.4, -0.2) is 107 Å². The molecule has 4 aliphatic heterocycles. The van der Waals surface area contributed by atoms with Crippen molar-refractivity contribution < 1.29 is 37.6 Å². The summed E-state index contributed by atoms with van der Waals surface area (Å²) < 4.78 is 29.6. The molecule has 8 rings (SSSR count). The molecule has 0 aromatic heterocycles. The molecule has 0 N–H and O–H groups in total. The number of fused-ring (bicyclic) bond motifs is 2. The average Bonchev–Trinajstić information content (AvgIpc) is 3.76. The third-order valence-electron chi connectivity index (χ3n) is 12.2. The Morgan fingerprint density at radius 3 is 1.34 bits per heavy atom. The van der Waals surface area contributed by atoms with E-state index in [1.54, 1.807) is 24.3 Å². The van der Waals surface area contributed by atoms with Crippen molar-refractivity contribution in [1.82, 2.24) is 19.6 Å². The number of benzene rings is 4. The first-order chi connectivity index (χ1) is 30.9. The maximum absolute atomic E-state index is 13.9. The van der Waals surface area contributed by atoms with Crippen LogP contribution in [0, 0.1) is 23.5 Å². The van der Waals surface area contributed by atoms with Gasteiger partial charge in [-0.1, -0.05) is 66.4 Å². The van der Waals surface area contributed by atoms with E-state index in [1.165, 1.54) is 24.3 Å². The molecule has 2 saturated heterocycles. The summed E-state index contributed by atoms with van der Waals surface area (Å²) in [5.74, 6) is -1.95. The fraction of sp³-hybridized carbons (Fsp3) is 0.333. The predicted molar refractivity (Wildman–Crippen MR) is 243 cm³/mol. The Balaban J connectivity index is 0.833. The van der Waals surface area contributed by atoms with Crippen LogP contribution in [0.2, 0.25) is 0 Å². The smallest absolute Gasteiger partial charge is 0.334 e. The number of amides is 2. The topological polar surface area (TPSA) is 124 Å². The van der Waals surface area contributed by atoms with Crippen LogP contribution in [0.4, 0.5) is 8.78 Å². The zero-order chi connectivity index (χ0) is 44.7. The van der Waals surface area contributed by atoms with Crippen LogP contribution in [-0.2, 0) is 32.4 Å². The Labute approximate surface area is 386 Å². The van der Waals surface area contributed by atoms with Gasteiger partial charge in [0.1, 0.15) is 23.1 Å². The molecule has 0 aliphatic carbocycles. The van der Waals surface area contributed by atoms with Crippen molar-refractivity contribution in [3.05, 3.63) is 151 Å². The highest BCUT2D eigenvalue weighted by Crippen LogP contribution is 2.30. The van der Waals surface area contributed by atoms with E-state index in [-0.39, 0.29) is 11.8 Å². The number of hydrogen-bond acceptors (Lipinski definition) is 10. The largest absolute Gasteiger partial charge is 0.358 e. The third-order valence-corrected chi connectivity index (χ3v) is 13.2. The van der Waals surface area contributed by atoms with Crippen molar-refractivity contribution in [2.75, 3.05) is 52.4 Å². The van der Waals surface area contributed by atoms with E-state index in [0.717, 1.165) is 95.2 Å². The lowest BCUT2D eigenvalue weighted by Crippen LogP contribution is -2.41. The number of carbonyl (C=O) groups is 4. The molecule has 0 radical (unpaired) electrons. The molecule has 332 valence electrons. The maximum Gasteiger partial charge on any atom is 0.358 e. The molecule has 0 unspecified atom stereocenters. The summed E-state index contributed by atoms with van der Waals surface area (Å²) in [7, 11) is 0. The standard InChI is InChI=1S/C48H46Br2F2N6O6/c49-37-5-11-41-35(23-37)27-57(47(41)61)25-31-15-19-55(20-16-31)29-43(33-1-7-39(51)8-2-33)53-63-45(59)13-14-46(60)64-54-44(34-3-9-40(52)10-4-34)30-56-21-17-32(18-22-56)26-58-28-36-24-38(50)6-12-42(36)48(58)62/h1-14,23-24,31-32H,15-22,25-30H2/b14-13+,53-43+,54-44+. The average molecular weight is 1000 g/mol. The molecular formula is C48H46Br2F2N6O6. The second kappa shape index (κ2) is 20.6. The second-order valence-corrected chi connectivity index (χ2v) is 18.5. The van der Waals surface area contributed by atoms with Gasteiger partial charge in [0.25, 0.3) is 11.8 Å². The van der Waals surface area contributed by atoms with E-state index in [4.69, 9.17) is 9.68 Å². The molecular weight excluding hydrogens is 954 g/mol. The number of carbonyl (C=O) groups excluding carboxylic acids is 4. The maximum atomic E-state index is 13.9. The van der Waals surface area contributed by atoms with Gasteiger partial charge in [-0.15, -0.1) is 0 Å². The summed E-state index contributed by atoms with van der Waals surface area (Å²) in [4.78, 5) is 70.2. The summed E-state index contributed by atoms with van der Waals surface area (Å²) >= 11 is 6.99. The van der Waals surface area contributed by atoms with Gasteiger partial charge >= 0.3 is 11.9 Å². The first-order valence-electron chi connectivity index (χ1n) is 21.3. The number of likely N-dealkylation sites (tertiary alicyclic amines) is 2. The highest BCUT2D eigenvalue weighted by atomic mass is 79.9. The third kappa shape index (κ3) is 11.4. The summed E-state index contributed by atoms with van der Waals surface area (Å²) in [5.41, 5.74) is 5.49. The van der Waals surface area contributed by atoms with E-state index in [2.05, 4.69) is 52.0 Å². The minimum atomic E-state index is -0.934. The second-order valence-electron chi connectivity index (χ2n) is 16.7. The highest BCUT2D eigenvalue weighted by Gasteiger charge is 2.32. The van der Waals surface area contributed by atoms with Crippen LogP contribution in [0.5, 0.6) is 0 Å². The van der Waals surface area contributed by atoms with Gasteiger partial charge in [-0.25, -0.2) is 18.4 Å². The molecule has 4 heterocycles. The summed E-state index contributed by atoms with van der Waals surface area (Å²) in [5, 5.41) is 8.26. The molecule has 0 saturated carbocycles. The molecule has 0 spiro atoms. The Kier molecular flexibility index (Phi) is 14.5. The number of halogens is 4. The van der Waals surface area contributed by atoms with Crippen molar-refractivity contribution in [2.45, 2.75) is 38.8 Å². The van der Waals surface area contributed by atoms with Crippen molar-refractivity contribution in [3.63, 3.8) is 0 Å². The zero-order valence-corrected chi connectivity index (χ0v) is 38.1. The van der Waals surface area contributed by atoms with Gasteiger partial charge in [-0.2, -0.15) is 0 Å². The molecule has 4 aliphatic rings. The minimum absolute atomic E-state index is 0.0555. The Hall–Kier alpha value is -5.42. The van der Waals surface area contributed by atoms with Gasteiger partial charge in [-0.05, 0) is 135 Å². The minimum Gasteiger partial charge on any atom is -0.334 e. The number of piperidine rings is 2.